The van der Waals surface area contributed by atoms with Crippen molar-refractivity contribution in [1.82, 2.24) is 30.8 Å². The summed E-state index contributed by atoms with van der Waals surface area (Å²) in [6.07, 6.45) is 0.219. The summed E-state index contributed by atoms with van der Waals surface area (Å²) in [6.45, 7) is -0.621. The molecule has 43 heavy (non-hydrogen) atoms. The number of carbonyl (C=O) groups is 2. The van der Waals surface area contributed by atoms with Gasteiger partial charge in [0.15, 0.2) is 17.6 Å². The van der Waals surface area contributed by atoms with Crippen molar-refractivity contribution in [1.29, 1.82) is 0 Å². The molecule has 4 heterocycles. The van der Waals surface area contributed by atoms with Crippen molar-refractivity contribution in [3.63, 3.8) is 0 Å². The van der Waals surface area contributed by atoms with E-state index in [2.05, 4.69) is 30.9 Å². The summed E-state index contributed by atoms with van der Waals surface area (Å²) in [5.74, 6) is -8.30. The van der Waals surface area contributed by atoms with E-state index in [0.29, 0.717) is 12.0 Å². The second-order valence-corrected chi connectivity index (χ2v) is 10.9. The molecule has 1 aliphatic carbocycles. The van der Waals surface area contributed by atoms with Crippen LogP contribution in [0.4, 0.5) is 8.78 Å². The molecule has 16 nitrogen and oxygen atoms in total. The Morgan fingerprint density at radius 1 is 1.14 bits per heavy atom. The van der Waals surface area contributed by atoms with Gasteiger partial charge in [-0.05, 0) is 24.5 Å². The molecule has 1 saturated heterocycles. The Bertz CT molecular complexity index is 1680. The van der Waals surface area contributed by atoms with Crippen LogP contribution in [0.25, 0.3) is 0 Å². The summed E-state index contributed by atoms with van der Waals surface area (Å²) in [7, 11) is 0. The molecule has 1 fully saturated rings. The van der Waals surface area contributed by atoms with Crippen LogP contribution in [0.2, 0.25) is 0 Å². The standard InChI is InChI=1S/C25H28F2N10O6/c26-23(27)6-2-4-10-3-1-5-11(16(10)23)18(39)33-14-9-37-21(29)31-13(17-24(37,25(14,42)43)36-20(28)35-17)8-30-19(40)12-7-15(38)34-22(41)32-12/h1,3,5,7,13-14,17,42-43H,2,4,6,8-9H2,(H2,29,31)(H,30,40)(H,33,39)(H3,28,35,36)(H2,32,34,38,41)/t13-,14-,17?,24?/m0/s1. The number of rotatable bonds is 5. The molecule has 6 rings (SSSR count). The van der Waals surface area contributed by atoms with E-state index >= 15 is 0 Å². The van der Waals surface area contributed by atoms with Crippen molar-refractivity contribution in [2.75, 3.05) is 13.1 Å². The third-order valence-electron chi connectivity index (χ3n) is 8.28. The number of nitrogens with one attached hydrogen (secondary N) is 5. The summed E-state index contributed by atoms with van der Waals surface area (Å²) >= 11 is 0. The van der Waals surface area contributed by atoms with Gasteiger partial charge in [0.2, 0.25) is 5.79 Å². The zero-order chi connectivity index (χ0) is 30.9. The first-order chi connectivity index (χ1) is 20.2. The summed E-state index contributed by atoms with van der Waals surface area (Å²) < 4.78 is 29.8. The maximum absolute atomic E-state index is 14.9. The van der Waals surface area contributed by atoms with Gasteiger partial charge in [-0.15, -0.1) is 0 Å². The molecule has 11 N–H and O–H groups in total. The molecule has 0 bridgehead atoms. The van der Waals surface area contributed by atoms with Gasteiger partial charge in [0.25, 0.3) is 23.3 Å². The van der Waals surface area contributed by atoms with Crippen molar-refractivity contribution in [2.24, 2.45) is 21.5 Å². The number of H-pyrrole nitrogens is 2. The minimum atomic E-state index is -3.24. The number of halogens is 2. The Hall–Kier alpha value is -4.84. The number of aliphatic hydroxyl groups is 2. The Labute approximate surface area is 240 Å². The van der Waals surface area contributed by atoms with E-state index in [0.717, 1.165) is 6.07 Å². The Morgan fingerprint density at radius 2 is 1.91 bits per heavy atom. The Morgan fingerprint density at radius 3 is 2.65 bits per heavy atom. The van der Waals surface area contributed by atoms with Gasteiger partial charge < -0.3 is 47.5 Å². The molecule has 1 aromatic carbocycles. The molecule has 2 unspecified atom stereocenters. The quantitative estimate of drug-likeness (QED) is 0.154. The van der Waals surface area contributed by atoms with Gasteiger partial charge in [-0.2, -0.15) is 0 Å². The van der Waals surface area contributed by atoms with Crippen molar-refractivity contribution in [3.8, 4) is 0 Å². The average Bonchev–Trinajstić information content (AvgIpc) is 3.40. The number of nitrogens with zero attached hydrogens (tertiary/aromatic N) is 3. The highest BCUT2D eigenvalue weighted by Crippen LogP contribution is 2.45. The number of carbonyl (C=O) groups excluding carboxylic acids is 2. The number of aromatic amines is 2. The van der Waals surface area contributed by atoms with Crippen LogP contribution in [0.5, 0.6) is 0 Å². The molecule has 228 valence electrons. The first kappa shape index (κ1) is 28.3. The van der Waals surface area contributed by atoms with Gasteiger partial charge in [0.1, 0.15) is 17.8 Å². The third-order valence-corrected chi connectivity index (χ3v) is 8.28. The molecule has 0 radical (unpaired) electrons. The number of nitrogens with two attached hydrogens (primary N) is 2. The second-order valence-electron chi connectivity index (χ2n) is 10.9. The largest absolute Gasteiger partial charge is 0.370 e. The molecule has 18 heteroatoms. The second kappa shape index (κ2) is 9.60. The number of aliphatic imine (C=N–C) groups is 2. The van der Waals surface area contributed by atoms with E-state index in [4.69, 9.17) is 11.5 Å². The number of guanidine groups is 2. The molecule has 0 saturated carbocycles. The summed E-state index contributed by atoms with van der Waals surface area (Å²) in [4.78, 5) is 63.2. The van der Waals surface area contributed by atoms with Crippen molar-refractivity contribution in [2.45, 2.75) is 54.8 Å². The normalized spacial score (nSPS) is 28.0. The molecule has 4 atom stereocenters. The fourth-order valence-electron chi connectivity index (χ4n) is 6.43. The molecular weight excluding hydrogens is 574 g/mol. The molecule has 4 aliphatic rings. The number of hydrogen-bond donors (Lipinski definition) is 9. The lowest BCUT2D eigenvalue weighted by Crippen LogP contribution is -2.78. The molecule has 1 spiro atoms. The van der Waals surface area contributed by atoms with Gasteiger partial charge in [-0.25, -0.2) is 23.6 Å². The van der Waals surface area contributed by atoms with Crippen molar-refractivity contribution < 1.29 is 28.6 Å². The van der Waals surface area contributed by atoms with Crippen LogP contribution in [-0.4, -0.2) is 91.5 Å². The number of hydrogen-bond acceptors (Lipinski definition) is 12. The molecule has 3 aliphatic heterocycles. The monoisotopic (exact) mass is 602 g/mol. The highest BCUT2D eigenvalue weighted by molar-refractivity contribution is 5.97. The van der Waals surface area contributed by atoms with Crippen LogP contribution in [0.3, 0.4) is 0 Å². The molecule has 1 aromatic heterocycles. The first-order valence-corrected chi connectivity index (χ1v) is 13.3. The van der Waals surface area contributed by atoms with E-state index in [1.165, 1.54) is 23.1 Å². The van der Waals surface area contributed by atoms with Gasteiger partial charge in [0, 0.05) is 36.7 Å². The predicted octanol–water partition coefficient (Wildman–Crippen LogP) is -3.30. The van der Waals surface area contributed by atoms with Gasteiger partial charge in [0.05, 0.1) is 6.04 Å². The Kier molecular flexibility index (Phi) is 6.31. The fourth-order valence-corrected chi connectivity index (χ4v) is 6.43. The van der Waals surface area contributed by atoms with Gasteiger partial charge >= 0.3 is 5.69 Å². The Balaban J connectivity index is 1.27. The predicted molar refractivity (Wildman–Crippen MR) is 145 cm³/mol. The highest BCUT2D eigenvalue weighted by Gasteiger charge is 2.73. The van der Waals surface area contributed by atoms with Gasteiger partial charge in [-0.1, -0.05) is 12.1 Å². The minimum Gasteiger partial charge on any atom is -0.370 e. The third kappa shape index (κ3) is 4.32. The van der Waals surface area contributed by atoms with Crippen LogP contribution in [0, 0.1) is 0 Å². The van der Waals surface area contributed by atoms with E-state index < -0.39 is 70.5 Å². The van der Waals surface area contributed by atoms with Crippen LogP contribution in [0.15, 0.2) is 43.8 Å². The summed E-state index contributed by atoms with van der Waals surface area (Å²) in [5, 5.41) is 30.9. The van der Waals surface area contributed by atoms with Crippen molar-refractivity contribution in [3.05, 3.63) is 67.5 Å². The number of amides is 2. The van der Waals surface area contributed by atoms with Crippen LogP contribution in [-0.2, 0) is 12.3 Å². The summed E-state index contributed by atoms with van der Waals surface area (Å²) in [6, 6.07) is 1.43. The maximum Gasteiger partial charge on any atom is 0.326 e. The smallest absolute Gasteiger partial charge is 0.326 e. The molecule has 2 amide bonds. The maximum atomic E-state index is 14.9. The average molecular weight is 603 g/mol. The van der Waals surface area contributed by atoms with Crippen molar-refractivity contribution >= 4 is 23.7 Å². The lowest BCUT2D eigenvalue weighted by Gasteiger charge is -2.49. The van der Waals surface area contributed by atoms with E-state index in [1.54, 1.807) is 0 Å². The highest BCUT2D eigenvalue weighted by atomic mass is 19.3. The number of aromatic nitrogens is 2. The SMILES string of the molecule is NC1=NC2[C@H](CNC(=O)c3cc(=O)[nH]c(=O)[nH]3)N=C(N)N3C[C@H](NC(=O)c4cccc5c4C(F)(F)CCC5)C(O)(O)C23N1. The van der Waals surface area contributed by atoms with Crippen LogP contribution in [0.1, 0.15) is 44.8 Å². The number of benzene rings is 1. The summed E-state index contributed by atoms with van der Waals surface area (Å²) in [5.41, 5.74) is 7.84. The van der Waals surface area contributed by atoms with Crippen LogP contribution < -0.4 is 38.7 Å². The zero-order valence-electron chi connectivity index (χ0n) is 22.4. The first-order valence-electron chi connectivity index (χ1n) is 13.3. The lowest BCUT2D eigenvalue weighted by atomic mass is 9.84. The van der Waals surface area contributed by atoms with E-state index in [9.17, 15) is 38.2 Å². The zero-order valence-corrected chi connectivity index (χ0v) is 22.4. The topological polar surface area (TPSA) is 256 Å². The lowest BCUT2D eigenvalue weighted by molar-refractivity contribution is -0.230. The number of aryl methyl sites for hydroxylation is 1. The van der Waals surface area contributed by atoms with Gasteiger partial charge in [-0.3, -0.25) is 19.4 Å². The fraction of sp³-hybridized carbons (Fsp3) is 0.440. The molecule has 2 aromatic rings. The van der Waals surface area contributed by atoms with E-state index in [1.807, 2.05) is 4.98 Å². The number of alkyl halides is 2. The minimum absolute atomic E-state index is 0.216. The molecular formula is C25H28F2N10O6. The number of fused-ring (bicyclic) bond motifs is 1. The van der Waals surface area contributed by atoms with Crippen LogP contribution >= 0.6 is 0 Å². The van der Waals surface area contributed by atoms with E-state index in [-0.39, 0.29) is 42.7 Å².